The Morgan fingerprint density at radius 1 is 1.47 bits per heavy atom. The van der Waals surface area contributed by atoms with Crippen LogP contribution in [0.1, 0.15) is 35.6 Å². The van der Waals surface area contributed by atoms with Crippen LogP contribution in [-0.2, 0) is 7.05 Å². The highest BCUT2D eigenvalue weighted by atomic mass is 16.3. The Balaban J connectivity index is 2.78. The van der Waals surface area contributed by atoms with Crippen molar-refractivity contribution in [2.45, 2.75) is 27.7 Å². The van der Waals surface area contributed by atoms with E-state index >= 15 is 0 Å². The number of aromatic nitrogens is 2. The van der Waals surface area contributed by atoms with Gasteiger partial charge in [-0.1, -0.05) is 13.8 Å². The normalized spacial score (nSPS) is 11.6. The molecule has 0 bridgehead atoms. The van der Waals surface area contributed by atoms with Gasteiger partial charge in [-0.25, -0.2) is 0 Å². The fourth-order valence-corrected chi connectivity index (χ4v) is 1.57. The number of aliphatic hydroxyl groups excluding tert-OH is 1. The van der Waals surface area contributed by atoms with Crippen molar-refractivity contribution in [2.24, 2.45) is 12.5 Å². The van der Waals surface area contributed by atoms with E-state index in [9.17, 15) is 4.79 Å². The molecular weight excluding hydrogens is 218 g/mol. The van der Waals surface area contributed by atoms with Gasteiger partial charge in [0.15, 0.2) is 0 Å². The van der Waals surface area contributed by atoms with E-state index < -0.39 is 0 Å². The smallest absolute Gasteiger partial charge is 0.255 e. The Morgan fingerprint density at radius 2 is 2.06 bits per heavy atom. The first-order valence-corrected chi connectivity index (χ1v) is 5.68. The van der Waals surface area contributed by atoms with E-state index in [4.69, 9.17) is 5.11 Å². The first-order chi connectivity index (χ1) is 7.78. The molecule has 0 aliphatic rings. The highest BCUT2D eigenvalue weighted by molar-refractivity contribution is 5.96. The Morgan fingerprint density at radius 3 is 2.47 bits per heavy atom. The Kier molecular flexibility index (Phi) is 3.93. The van der Waals surface area contributed by atoms with Gasteiger partial charge in [0.05, 0.1) is 11.3 Å². The molecule has 96 valence electrons. The fourth-order valence-electron chi connectivity index (χ4n) is 1.57. The number of hydrogen-bond donors (Lipinski definition) is 2. The molecule has 0 saturated heterocycles. The van der Waals surface area contributed by atoms with Crippen LogP contribution in [-0.4, -0.2) is 33.9 Å². The number of hydrogen-bond acceptors (Lipinski definition) is 3. The summed E-state index contributed by atoms with van der Waals surface area (Å²) >= 11 is 0. The largest absolute Gasteiger partial charge is 0.396 e. The third-order valence-electron chi connectivity index (χ3n) is 2.89. The lowest BCUT2D eigenvalue weighted by atomic mass is 9.95. The number of nitrogens with zero attached hydrogens (tertiary/aromatic N) is 2. The van der Waals surface area contributed by atoms with Crippen LogP contribution in [0.2, 0.25) is 0 Å². The molecule has 0 unspecified atom stereocenters. The fraction of sp³-hybridized carbons (Fsp3) is 0.667. The van der Waals surface area contributed by atoms with Gasteiger partial charge in [-0.05, 0) is 13.8 Å². The molecule has 1 amide bonds. The topological polar surface area (TPSA) is 67.2 Å². The van der Waals surface area contributed by atoms with E-state index in [1.807, 2.05) is 34.7 Å². The van der Waals surface area contributed by atoms with Crippen LogP contribution in [0.5, 0.6) is 0 Å². The molecule has 17 heavy (non-hydrogen) atoms. The molecule has 0 aromatic carbocycles. The summed E-state index contributed by atoms with van der Waals surface area (Å²) in [5, 5.41) is 16.2. The molecule has 1 aromatic heterocycles. The third-order valence-corrected chi connectivity index (χ3v) is 2.89. The maximum absolute atomic E-state index is 12.0. The van der Waals surface area contributed by atoms with Gasteiger partial charge in [0.1, 0.15) is 0 Å². The summed E-state index contributed by atoms with van der Waals surface area (Å²) in [6.07, 6.45) is 0. The number of carbonyl (C=O) groups is 1. The lowest BCUT2D eigenvalue weighted by Gasteiger charge is -2.21. The second kappa shape index (κ2) is 4.87. The van der Waals surface area contributed by atoms with Crippen LogP contribution in [0, 0.1) is 19.3 Å². The number of rotatable bonds is 4. The minimum Gasteiger partial charge on any atom is -0.396 e. The van der Waals surface area contributed by atoms with Gasteiger partial charge in [0, 0.05) is 31.3 Å². The molecule has 0 aliphatic heterocycles. The molecule has 1 heterocycles. The van der Waals surface area contributed by atoms with E-state index in [-0.39, 0.29) is 17.9 Å². The number of aryl methyl sites for hydroxylation is 2. The van der Waals surface area contributed by atoms with Gasteiger partial charge in [0.25, 0.3) is 5.91 Å². The molecule has 0 saturated carbocycles. The summed E-state index contributed by atoms with van der Waals surface area (Å²) in [5.74, 6) is -0.130. The second-order valence-corrected chi connectivity index (χ2v) is 5.17. The molecule has 5 heteroatoms. The molecule has 2 N–H and O–H groups in total. The van der Waals surface area contributed by atoms with Crippen LogP contribution in [0.15, 0.2) is 0 Å². The number of nitrogens with one attached hydrogen (secondary N) is 1. The van der Waals surface area contributed by atoms with E-state index in [0.29, 0.717) is 12.1 Å². The molecule has 0 aliphatic carbocycles. The summed E-state index contributed by atoms with van der Waals surface area (Å²) < 4.78 is 1.70. The molecule has 0 atom stereocenters. The Labute approximate surface area is 102 Å². The molecule has 0 spiro atoms. The summed E-state index contributed by atoms with van der Waals surface area (Å²) in [6, 6.07) is 0. The van der Waals surface area contributed by atoms with Crippen molar-refractivity contribution in [3.8, 4) is 0 Å². The summed E-state index contributed by atoms with van der Waals surface area (Å²) in [5.41, 5.74) is 1.90. The van der Waals surface area contributed by atoms with Crippen molar-refractivity contribution < 1.29 is 9.90 Å². The zero-order valence-corrected chi connectivity index (χ0v) is 11.2. The van der Waals surface area contributed by atoms with Crippen molar-refractivity contribution in [3.63, 3.8) is 0 Å². The minimum atomic E-state index is -0.306. The molecule has 1 rings (SSSR count). The average Bonchev–Trinajstić information content (AvgIpc) is 2.50. The Hall–Kier alpha value is -1.36. The van der Waals surface area contributed by atoms with E-state index in [0.717, 1.165) is 11.4 Å². The quantitative estimate of drug-likeness (QED) is 0.816. The maximum atomic E-state index is 12.0. The number of carbonyl (C=O) groups excluding carboxylic acids is 1. The maximum Gasteiger partial charge on any atom is 0.255 e. The summed E-state index contributed by atoms with van der Waals surface area (Å²) in [4.78, 5) is 12.0. The summed E-state index contributed by atoms with van der Waals surface area (Å²) in [6.45, 7) is 7.96. The van der Waals surface area contributed by atoms with Gasteiger partial charge in [-0.2, -0.15) is 5.10 Å². The molecular formula is C12H21N3O2. The van der Waals surface area contributed by atoms with Crippen LogP contribution in [0.3, 0.4) is 0 Å². The molecule has 0 radical (unpaired) electrons. The Bertz CT molecular complexity index is 422. The van der Waals surface area contributed by atoms with Gasteiger partial charge < -0.3 is 10.4 Å². The third kappa shape index (κ3) is 3.06. The lowest BCUT2D eigenvalue weighted by Crippen LogP contribution is -2.36. The predicted octanol–water partition coefficient (Wildman–Crippen LogP) is 0.785. The highest BCUT2D eigenvalue weighted by Crippen LogP contribution is 2.14. The zero-order chi connectivity index (χ0) is 13.2. The van der Waals surface area contributed by atoms with Gasteiger partial charge in [0.2, 0.25) is 0 Å². The standard InChI is InChI=1S/C12H21N3O2/c1-8-10(9(2)15(5)14-8)11(17)13-6-12(3,4)7-16/h16H,6-7H2,1-5H3,(H,13,17). The summed E-state index contributed by atoms with van der Waals surface area (Å²) in [7, 11) is 1.82. The molecule has 1 aromatic rings. The predicted molar refractivity (Wildman–Crippen MR) is 65.9 cm³/mol. The van der Waals surface area contributed by atoms with Gasteiger partial charge in [-0.3, -0.25) is 9.48 Å². The van der Waals surface area contributed by atoms with Crippen LogP contribution in [0.25, 0.3) is 0 Å². The van der Waals surface area contributed by atoms with E-state index in [2.05, 4.69) is 10.4 Å². The average molecular weight is 239 g/mol. The first-order valence-electron chi connectivity index (χ1n) is 5.68. The van der Waals surface area contributed by atoms with Crippen LogP contribution < -0.4 is 5.32 Å². The van der Waals surface area contributed by atoms with Crippen molar-refractivity contribution in [1.82, 2.24) is 15.1 Å². The van der Waals surface area contributed by atoms with E-state index in [1.165, 1.54) is 0 Å². The minimum absolute atomic E-state index is 0.0400. The van der Waals surface area contributed by atoms with Crippen LogP contribution >= 0.6 is 0 Å². The highest BCUT2D eigenvalue weighted by Gasteiger charge is 2.21. The van der Waals surface area contributed by atoms with Crippen molar-refractivity contribution >= 4 is 5.91 Å². The van der Waals surface area contributed by atoms with Gasteiger partial charge in [-0.15, -0.1) is 0 Å². The number of aliphatic hydroxyl groups is 1. The molecule has 0 fully saturated rings. The zero-order valence-electron chi connectivity index (χ0n) is 11.2. The monoisotopic (exact) mass is 239 g/mol. The van der Waals surface area contributed by atoms with Crippen molar-refractivity contribution in [1.29, 1.82) is 0 Å². The second-order valence-electron chi connectivity index (χ2n) is 5.17. The van der Waals surface area contributed by atoms with Gasteiger partial charge >= 0.3 is 0 Å². The van der Waals surface area contributed by atoms with Crippen LogP contribution in [0.4, 0.5) is 0 Å². The first kappa shape index (κ1) is 13.7. The lowest BCUT2D eigenvalue weighted by molar-refractivity contribution is 0.0909. The van der Waals surface area contributed by atoms with E-state index in [1.54, 1.807) is 4.68 Å². The molecule has 5 nitrogen and oxygen atoms in total. The van der Waals surface area contributed by atoms with Crippen molar-refractivity contribution in [3.05, 3.63) is 17.0 Å². The SMILES string of the molecule is Cc1nn(C)c(C)c1C(=O)NCC(C)(C)CO. The van der Waals surface area contributed by atoms with Crippen molar-refractivity contribution in [2.75, 3.05) is 13.2 Å². The number of amides is 1.